The van der Waals surface area contributed by atoms with Gasteiger partial charge in [-0.3, -0.25) is 4.79 Å². The van der Waals surface area contributed by atoms with Gasteiger partial charge in [0.1, 0.15) is 18.1 Å². The van der Waals surface area contributed by atoms with Gasteiger partial charge < -0.3 is 9.47 Å². The van der Waals surface area contributed by atoms with Crippen molar-refractivity contribution in [2.24, 2.45) is 5.10 Å². The molecule has 8 heteroatoms. The first-order chi connectivity index (χ1) is 15.0. The van der Waals surface area contributed by atoms with Crippen LogP contribution < -0.4 is 14.9 Å². The standard InChI is InChI=1S/C23H19Br2ClN2O3/c1-2-30-19-9-5-17(6-10-19)23(29)28-27-13-16-11-20(24)22(21(25)12-16)31-14-15-3-7-18(26)8-4-15/h3-13H,2,14H2,1H3,(H,28,29)/b27-13+. The average Bonchev–Trinajstić information content (AvgIpc) is 2.75. The highest BCUT2D eigenvalue weighted by atomic mass is 79.9. The summed E-state index contributed by atoms with van der Waals surface area (Å²) in [5, 5.41) is 4.72. The summed E-state index contributed by atoms with van der Waals surface area (Å²) in [4.78, 5) is 12.2. The van der Waals surface area contributed by atoms with E-state index in [0.29, 0.717) is 29.5 Å². The van der Waals surface area contributed by atoms with Crippen LogP contribution in [0.1, 0.15) is 28.4 Å². The van der Waals surface area contributed by atoms with E-state index >= 15 is 0 Å². The number of hydrogen-bond acceptors (Lipinski definition) is 4. The second-order valence-electron chi connectivity index (χ2n) is 6.39. The van der Waals surface area contributed by atoms with Gasteiger partial charge in [0, 0.05) is 10.6 Å². The Kier molecular flexibility index (Phi) is 8.51. The van der Waals surface area contributed by atoms with E-state index in [0.717, 1.165) is 25.8 Å². The third-order valence-corrected chi connectivity index (χ3v) is 5.55. The fraction of sp³-hybridized carbons (Fsp3) is 0.130. The van der Waals surface area contributed by atoms with Crippen molar-refractivity contribution in [3.8, 4) is 11.5 Å². The molecule has 31 heavy (non-hydrogen) atoms. The number of amides is 1. The van der Waals surface area contributed by atoms with Crippen molar-refractivity contribution < 1.29 is 14.3 Å². The van der Waals surface area contributed by atoms with Gasteiger partial charge in [0.05, 0.1) is 21.8 Å². The molecule has 0 atom stereocenters. The Hall–Kier alpha value is -2.35. The van der Waals surface area contributed by atoms with Crippen molar-refractivity contribution in [2.45, 2.75) is 13.5 Å². The number of nitrogens with zero attached hydrogens (tertiary/aromatic N) is 1. The topological polar surface area (TPSA) is 59.9 Å². The van der Waals surface area contributed by atoms with E-state index in [1.165, 1.54) is 0 Å². The number of carbonyl (C=O) groups excluding carboxylic acids is 1. The lowest BCUT2D eigenvalue weighted by Gasteiger charge is -2.11. The van der Waals surface area contributed by atoms with Gasteiger partial charge in [0.25, 0.3) is 5.91 Å². The number of rotatable bonds is 8. The van der Waals surface area contributed by atoms with Crippen molar-refractivity contribution in [3.05, 3.63) is 91.3 Å². The number of hydrogen-bond donors (Lipinski definition) is 1. The molecular formula is C23H19Br2ClN2O3. The van der Waals surface area contributed by atoms with E-state index in [2.05, 4.69) is 42.4 Å². The monoisotopic (exact) mass is 564 g/mol. The van der Waals surface area contributed by atoms with E-state index in [1.807, 2.05) is 43.3 Å². The maximum Gasteiger partial charge on any atom is 0.271 e. The minimum absolute atomic E-state index is 0.305. The molecule has 0 spiro atoms. The summed E-state index contributed by atoms with van der Waals surface area (Å²) >= 11 is 13.0. The second kappa shape index (κ2) is 11.3. The summed E-state index contributed by atoms with van der Waals surface area (Å²) in [6.45, 7) is 2.89. The molecule has 3 aromatic rings. The number of nitrogens with one attached hydrogen (secondary N) is 1. The molecule has 0 fully saturated rings. The summed E-state index contributed by atoms with van der Waals surface area (Å²) in [7, 11) is 0. The first-order valence-electron chi connectivity index (χ1n) is 9.39. The molecule has 160 valence electrons. The fourth-order valence-electron chi connectivity index (χ4n) is 2.63. The van der Waals surface area contributed by atoms with E-state index in [4.69, 9.17) is 21.1 Å². The van der Waals surface area contributed by atoms with Crippen LogP contribution in [0.3, 0.4) is 0 Å². The molecular weight excluding hydrogens is 548 g/mol. The number of ether oxygens (including phenoxy) is 2. The maximum atomic E-state index is 12.2. The van der Waals surface area contributed by atoms with Gasteiger partial charge in [0.2, 0.25) is 0 Å². The molecule has 0 aromatic heterocycles. The summed E-state index contributed by atoms with van der Waals surface area (Å²) < 4.78 is 12.8. The zero-order chi connectivity index (χ0) is 22.2. The van der Waals surface area contributed by atoms with Crippen LogP contribution in [0.15, 0.2) is 74.7 Å². The lowest BCUT2D eigenvalue weighted by atomic mass is 10.2. The molecule has 0 bridgehead atoms. The van der Waals surface area contributed by atoms with Gasteiger partial charge in [-0.25, -0.2) is 5.43 Å². The molecule has 0 saturated carbocycles. The maximum absolute atomic E-state index is 12.2. The quantitative estimate of drug-likeness (QED) is 0.247. The first kappa shape index (κ1) is 23.3. The Morgan fingerprint density at radius 2 is 1.68 bits per heavy atom. The summed E-state index contributed by atoms with van der Waals surface area (Å²) in [6.07, 6.45) is 1.56. The third-order valence-electron chi connectivity index (χ3n) is 4.12. The predicted octanol–water partition coefficient (Wildman–Crippen LogP) is 6.61. The zero-order valence-corrected chi connectivity index (χ0v) is 20.5. The minimum atomic E-state index is -0.305. The van der Waals surface area contributed by atoms with Crippen LogP contribution in [0.2, 0.25) is 5.02 Å². The van der Waals surface area contributed by atoms with E-state index in [1.54, 1.807) is 30.5 Å². The molecule has 0 unspecified atom stereocenters. The molecule has 3 rings (SSSR count). The minimum Gasteiger partial charge on any atom is -0.494 e. The Morgan fingerprint density at radius 3 is 2.29 bits per heavy atom. The van der Waals surface area contributed by atoms with Crippen LogP contribution in [-0.2, 0) is 6.61 Å². The SMILES string of the molecule is CCOc1ccc(C(=O)N/N=C/c2cc(Br)c(OCc3ccc(Cl)cc3)c(Br)c2)cc1. The molecule has 0 heterocycles. The first-order valence-corrected chi connectivity index (χ1v) is 11.3. The normalized spacial score (nSPS) is 10.8. The van der Waals surface area contributed by atoms with Gasteiger partial charge >= 0.3 is 0 Å². The smallest absolute Gasteiger partial charge is 0.271 e. The van der Waals surface area contributed by atoms with Gasteiger partial charge in [-0.05, 0) is 98.4 Å². The highest BCUT2D eigenvalue weighted by Gasteiger charge is 2.09. The molecule has 0 saturated heterocycles. The Balaban J connectivity index is 1.60. The van der Waals surface area contributed by atoms with Crippen LogP contribution >= 0.6 is 43.5 Å². The van der Waals surface area contributed by atoms with Crippen molar-refractivity contribution in [1.29, 1.82) is 0 Å². The largest absolute Gasteiger partial charge is 0.494 e. The van der Waals surface area contributed by atoms with Gasteiger partial charge in [0.15, 0.2) is 0 Å². The molecule has 1 N–H and O–H groups in total. The van der Waals surface area contributed by atoms with Gasteiger partial charge in [-0.2, -0.15) is 5.10 Å². The summed E-state index contributed by atoms with van der Waals surface area (Å²) in [6, 6.07) is 18.1. The lowest BCUT2D eigenvalue weighted by molar-refractivity contribution is 0.0955. The van der Waals surface area contributed by atoms with Crippen LogP contribution in [0.25, 0.3) is 0 Å². The molecule has 1 amide bonds. The third kappa shape index (κ3) is 6.82. The van der Waals surface area contributed by atoms with Gasteiger partial charge in [-0.1, -0.05) is 23.7 Å². The van der Waals surface area contributed by atoms with Crippen LogP contribution in [0.5, 0.6) is 11.5 Å². The summed E-state index contributed by atoms with van der Waals surface area (Å²) in [5.74, 6) is 1.08. The van der Waals surface area contributed by atoms with Crippen LogP contribution in [-0.4, -0.2) is 18.7 Å². The van der Waals surface area contributed by atoms with Crippen molar-refractivity contribution in [2.75, 3.05) is 6.61 Å². The fourth-order valence-corrected chi connectivity index (χ4v) is 4.20. The van der Waals surface area contributed by atoms with Crippen molar-refractivity contribution >= 4 is 55.6 Å². The molecule has 0 aliphatic carbocycles. The van der Waals surface area contributed by atoms with Gasteiger partial charge in [-0.15, -0.1) is 0 Å². The predicted molar refractivity (Wildman–Crippen MR) is 130 cm³/mol. The van der Waals surface area contributed by atoms with Crippen LogP contribution in [0.4, 0.5) is 0 Å². The summed E-state index contributed by atoms with van der Waals surface area (Å²) in [5.41, 5.74) is 4.80. The van der Waals surface area contributed by atoms with E-state index in [9.17, 15) is 4.79 Å². The Morgan fingerprint density at radius 1 is 1.03 bits per heavy atom. The average molecular weight is 567 g/mol. The van der Waals surface area contributed by atoms with Crippen molar-refractivity contribution in [3.63, 3.8) is 0 Å². The zero-order valence-electron chi connectivity index (χ0n) is 16.6. The number of halogens is 3. The Labute approximate surface area is 202 Å². The highest BCUT2D eigenvalue weighted by molar-refractivity contribution is 9.11. The molecule has 0 aliphatic heterocycles. The second-order valence-corrected chi connectivity index (χ2v) is 8.53. The molecule has 3 aromatic carbocycles. The number of carbonyl (C=O) groups is 1. The molecule has 0 radical (unpaired) electrons. The van der Waals surface area contributed by atoms with Crippen LogP contribution in [0, 0.1) is 0 Å². The number of hydrazone groups is 1. The number of benzene rings is 3. The highest BCUT2D eigenvalue weighted by Crippen LogP contribution is 2.35. The van der Waals surface area contributed by atoms with E-state index in [-0.39, 0.29) is 5.91 Å². The molecule has 0 aliphatic rings. The lowest BCUT2D eigenvalue weighted by Crippen LogP contribution is -2.17. The molecule has 5 nitrogen and oxygen atoms in total. The van der Waals surface area contributed by atoms with E-state index < -0.39 is 0 Å². The Bertz CT molecular complexity index is 1050. The van der Waals surface area contributed by atoms with Crippen molar-refractivity contribution in [1.82, 2.24) is 5.43 Å².